The number of rotatable bonds is 1. The molecular formula is C10H9BrN2. The number of benzene rings is 1. The first kappa shape index (κ1) is 8.51. The van der Waals surface area contributed by atoms with Crippen molar-refractivity contribution in [1.82, 2.24) is 10.2 Å². The van der Waals surface area contributed by atoms with Crippen molar-refractivity contribution in [3.05, 3.63) is 40.6 Å². The fraction of sp³-hybridized carbons (Fsp3) is 0.100. The molecule has 0 amide bonds. The van der Waals surface area contributed by atoms with Gasteiger partial charge in [-0.1, -0.05) is 29.8 Å². The first-order valence-electron chi connectivity index (χ1n) is 4.03. The van der Waals surface area contributed by atoms with Crippen LogP contribution in [-0.4, -0.2) is 10.2 Å². The number of hydrogen-bond acceptors (Lipinski definition) is 1. The summed E-state index contributed by atoms with van der Waals surface area (Å²) in [5.41, 5.74) is 3.54. The van der Waals surface area contributed by atoms with Gasteiger partial charge < -0.3 is 0 Å². The third-order valence-corrected chi connectivity index (χ3v) is 2.53. The summed E-state index contributed by atoms with van der Waals surface area (Å²) in [6.07, 6.45) is 1.82. The number of aromatic nitrogens is 2. The van der Waals surface area contributed by atoms with Crippen molar-refractivity contribution in [2.24, 2.45) is 0 Å². The lowest BCUT2D eigenvalue weighted by molar-refractivity contribution is 1.07. The SMILES string of the molecule is Cc1cccc(-c2cn[nH]c2Br)c1. The Hall–Kier alpha value is -1.09. The number of hydrogen-bond donors (Lipinski definition) is 1. The third kappa shape index (κ3) is 1.65. The van der Waals surface area contributed by atoms with Gasteiger partial charge in [0.15, 0.2) is 0 Å². The van der Waals surface area contributed by atoms with Crippen molar-refractivity contribution in [2.75, 3.05) is 0 Å². The van der Waals surface area contributed by atoms with E-state index in [-0.39, 0.29) is 0 Å². The van der Waals surface area contributed by atoms with Crippen LogP contribution in [0.15, 0.2) is 35.1 Å². The van der Waals surface area contributed by atoms with E-state index < -0.39 is 0 Å². The highest BCUT2D eigenvalue weighted by atomic mass is 79.9. The molecule has 0 fully saturated rings. The molecule has 0 aliphatic carbocycles. The summed E-state index contributed by atoms with van der Waals surface area (Å²) in [4.78, 5) is 0. The second-order valence-electron chi connectivity index (χ2n) is 2.97. The Morgan fingerprint density at radius 3 is 2.85 bits per heavy atom. The van der Waals surface area contributed by atoms with E-state index in [1.165, 1.54) is 11.1 Å². The van der Waals surface area contributed by atoms with Crippen molar-refractivity contribution < 1.29 is 0 Å². The smallest absolute Gasteiger partial charge is 0.108 e. The molecule has 0 aliphatic heterocycles. The Balaban J connectivity index is 2.53. The maximum absolute atomic E-state index is 3.96. The molecule has 1 aromatic carbocycles. The molecule has 1 heterocycles. The minimum Gasteiger partial charge on any atom is -0.271 e. The number of H-pyrrole nitrogens is 1. The molecule has 0 unspecified atom stereocenters. The van der Waals surface area contributed by atoms with Crippen molar-refractivity contribution in [2.45, 2.75) is 6.92 Å². The summed E-state index contributed by atoms with van der Waals surface area (Å²) < 4.78 is 0.929. The summed E-state index contributed by atoms with van der Waals surface area (Å²) >= 11 is 3.41. The number of halogens is 1. The highest BCUT2D eigenvalue weighted by molar-refractivity contribution is 9.10. The van der Waals surface area contributed by atoms with Crippen LogP contribution in [0.4, 0.5) is 0 Å². The Kier molecular flexibility index (Phi) is 2.19. The molecule has 0 radical (unpaired) electrons. The highest BCUT2D eigenvalue weighted by Gasteiger charge is 2.03. The summed E-state index contributed by atoms with van der Waals surface area (Å²) in [6.45, 7) is 2.08. The van der Waals surface area contributed by atoms with Gasteiger partial charge >= 0.3 is 0 Å². The van der Waals surface area contributed by atoms with E-state index in [0.29, 0.717) is 0 Å². The van der Waals surface area contributed by atoms with Crippen molar-refractivity contribution in [1.29, 1.82) is 0 Å². The average molecular weight is 237 g/mol. The van der Waals surface area contributed by atoms with Crippen LogP contribution in [0.25, 0.3) is 11.1 Å². The van der Waals surface area contributed by atoms with Crippen molar-refractivity contribution >= 4 is 15.9 Å². The van der Waals surface area contributed by atoms with Gasteiger partial charge in [-0.25, -0.2) is 0 Å². The number of aryl methyl sites for hydroxylation is 1. The van der Waals surface area contributed by atoms with E-state index in [1.807, 2.05) is 12.3 Å². The molecule has 0 aliphatic rings. The zero-order valence-electron chi connectivity index (χ0n) is 7.21. The van der Waals surface area contributed by atoms with E-state index in [4.69, 9.17) is 0 Å². The van der Waals surface area contributed by atoms with Gasteiger partial charge in [0.2, 0.25) is 0 Å². The lowest BCUT2D eigenvalue weighted by atomic mass is 10.1. The monoisotopic (exact) mass is 236 g/mol. The summed E-state index contributed by atoms with van der Waals surface area (Å²) in [5.74, 6) is 0. The molecule has 2 nitrogen and oxygen atoms in total. The quantitative estimate of drug-likeness (QED) is 0.810. The first-order chi connectivity index (χ1) is 6.27. The molecule has 3 heteroatoms. The molecule has 1 N–H and O–H groups in total. The minimum atomic E-state index is 0.929. The molecule has 66 valence electrons. The predicted octanol–water partition coefficient (Wildman–Crippen LogP) is 3.15. The van der Waals surface area contributed by atoms with E-state index in [2.05, 4.69) is 51.3 Å². The van der Waals surface area contributed by atoms with Gasteiger partial charge in [0.1, 0.15) is 4.60 Å². The Labute approximate surface area is 85.1 Å². The fourth-order valence-electron chi connectivity index (χ4n) is 1.28. The van der Waals surface area contributed by atoms with Crippen LogP contribution in [-0.2, 0) is 0 Å². The Morgan fingerprint density at radius 2 is 2.23 bits per heavy atom. The van der Waals surface area contributed by atoms with Crippen LogP contribution in [0.2, 0.25) is 0 Å². The van der Waals surface area contributed by atoms with Gasteiger partial charge in [0.25, 0.3) is 0 Å². The summed E-state index contributed by atoms with van der Waals surface area (Å²) in [6, 6.07) is 8.33. The molecule has 1 aromatic heterocycles. The van der Waals surface area contributed by atoms with E-state index in [0.717, 1.165) is 10.2 Å². The van der Waals surface area contributed by atoms with Gasteiger partial charge in [-0.2, -0.15) is 5.10 Å². The van der Waals surface area contributed by atoms with Crippen LogP contribution in [0.1, 0.15) is 5.56 Å². The number of aromatic amines is 1. The van der Waals surface area contributed by atoms with E-state index >= 15 is 0 Å². The van der Waals surface area contributed by atoms with Crippen LogP contribution in [0.5, 0.6) is 0 Å². The molecule has 2 aromatic rings. The molecule has 0 bridgehead atoms. The third-order valence-electron chi connectivity index (χ3n) is 1.92. The number of nitrogens with zero attached hydrogens (tertiary/aromatic N) is 1. The van der Waals surface area contributed by atoms with Gasteiger partial charge in [0.05, 0.1) is 6.20 Å². The first-order valence-corrected chi connectivity index (χ1v) is 4.82. The predicted molar refractivity (Wildman–Crippen MR) is 56.5 cm³/mol. The Morgan fingerprint density at radius 1 is 1.38 bits per heavy atom. The van der Waals surface area contributed by atoms with Gasteiger partial charge in [0, 0.05) is 5.56 Å². The molecule has 13 heavy (non-hydrogen) atoms. The lowest BCUT2D eigenvalue weighted by Crippen LogP contribution is -1.77. The van der Waals surface area contributed by atoms with Crippen molar-refractivity contribution in [3.63, 3.8) is 0 Å². The molecule has 0 spiro atoms. The molecule has 0 saturated carbocycles. The zero-order valence-corrected chi connectivity index (χ0v) is 8.80. The van der Waals surface area contributed by atoms with Gasteiger partial charge in [-0.15, -0.1) is 0 Å². The van der Waals surface area contributed by atoms with Crippen LogP contribution in [0, 0.1) is 6.92 Å². The zero-order chi connectivity index (χ0) is 9.26. The van der Waals surface area contributed by atoms with Gasteiger partial charge in [-0.3, -0.25) is 5.10 Å². The maximum atomic E-state index is 3.96. The van der Waals surface area contributed by atoms with Crippen LogP contribution in [0.3, 0.4) is 0 Å². The highest BCUT2D eigenvalue weighted by Crippen LogP contribution is 2.26. The van der Waals surface area contributed by atoms with E-state index in [1.54, 1.807) is 0 Å². The second-order valence-corrected chi connectivity index (χ2v) is 3.76. The van der Waals surface area contributed by atoms with Crippen molar-refractivity contribution in [3.8, 4) is 11.1 Å². The van der Waals surface area contributed by atoms with Gasteiger partial charge in [-0.05, 0) is 28.4 Å². The molecular weight excluding hydrogens is 228 g/mol. The van der Waals surface area contributed by atoms with Crippen LogP contribution < -0.4 is 0 Å². The van der Waals surface area contributed by atoms with Crippen LogP contribution >= 0.6 is 15.9 Å². The largest absolute Gasteiger partial charge is 0.271 e. The second kappa shape index (κ2) is 3.34. The molecule has 2 rings (SSSR count). The summed E-state index contributed by atoms with van der Waals surface area (Å²) in [7, 11) is 0. The maximum Gasteiger partial charge on any atom is 0.108 e. The number of nitrogens with one attached hydrogen (secondary N) is 1. The Bertz CT molecular complexity index is 420. The average Bonchev–Trinajstić information content (AvgIpc) is 2.51. The molecule has 0 atom stereocenters. The lowest BCUT2D eigenvalue weighted by Gasteiger charge is -1.99. The van der Waals surface area contributed by atoms with E-state index in [9.17, 15) is 0 Å². The normalized spacial score (nSPS) is 10.3. The summed E-state index contributed by atoms with van der Waals surface area (Å²) in [5, 5.41) is 6.81. The fourth-order valence-corrected chi connectivity index (χ4v) is 1.72. The molecule has 0 saturated heterocycles. The standard InChI is InChI=1S/C10H9BrN2/c1-7-3-2-4-8(5-7)9-6-12-13-10(9)11/h2-6H,1H3,(H,12,13). The topological polar surface area (TPSA) is 28.7 Å². The minimum absolute atomic E-state index is 0.929.